The Labute approximate surface area is 165 Å². The maximum absolute atomic E-state index is 6.54. The molecule has 0 atom stereocenters. The first kappa shape index (κ1) is 19.3. The summed E-state index contributed by atoms with van der Waals surface area (Å²) >= 11 is 12.8. The number of hydrogen-bond donors (Lipinski definition) is 2. The van der Waals surface area contributed by atoms with E-state index in [1.165, 1.54) is 34.9 Å². The molecule has 0 spiro atoms. The second-order valence-corrected chi connectivity index (χ2v) is 7.55. The van der Waals surface area contributed by atoms with Crippen LogP contribution >= 0.6 is 23.2 Å². The maximum Gasteiger partial charge on any atom is 0.0685 e. The zero-order chi connectivity index (χ0) is 18.5. The van der Waals surface area contributed by atoms with E-state index < -0.39 is 0 Å². The average Bonchev–Trinajstić information content (AvgIpc) is 3.01. The molecular formula is C22H26Cl2N2. The number of halogens is 2. The van der Waals surface area contributed by atoms with Crippen LogP contribution in [0, 0.1) is 0 Å². The molecule has 26 heavy (non-hydrogen) atoms. The number of hydrogen-bond acceptors (Lipinski definition) is 1. The lowest BCUT2D eigenvalue weighted by atomic mass is 9.98. The monoisotopic (exact) mass is 388 g/mol. The molecule has 2 nitrogen and oxygen atoms in total. The van der Waals surface area contributed by atoms with Gasteiger partial charge in [-0.2, -0.15) is 0 Å². The van der Waals surface area contributed by atoms with Gasteiger partial charge < -0.3 is 10.7 Å². The number of rotatable bonds is 8. The van der Waals surface area contributed by atoms with Crippen LogP contribution in [0.3, 0.4) is 0 Å². The van der Waals surface area contributed by atoms with Gasteiger partial charge in [-0.3, -0.25) is 0 Å². The van der Waals surface area contributed by atoms with Gasteiger partial charge in [0, 0.05) is 16.5 Å². The number of benzene rings is 2. The Bertz CT molecular complexity index is 883. The molecule has 0 amide bonds. The molecule has 0 bridgehead atoms. The van der Waals surface area contributed by atoms with Crippen molar-refractivity contribution in [3.63, 3.8) is 0 Å². The van der Waals surface area contributed by atoms with Crippen LogP contribution in [0.1, 0.15) is 43.7 Å². The van der Waals surface area contributed by atoms with Crippen molar-refractivity contribution in [1.29, 1.82) is 0 Å². The fourth-order valence-corrected chi connectivity index (χ4v) is 3.94. The zero-order valence-corrected chi connectivity index (χ0v) is 16.8. The fourth-order valence-electron chi connectivity index (χ4n) is 3.54. The Balaban J connectivity index is 2.16. The standard InChI is InChI=1S/C22H26Cl2N2/c1-2-3-8-15-9-6-11-16-17(10-4-5-14-25)22(26-21(15)16)18-12-7-13-19(23)20(18)24/h6-7,9,11-13,26H,2-5,8,10,14,25H2,1H3. The molecule has 0 aliphatic carbocycles. The Morgan fingerprint density at radius 2 is 1.77 bits per heavy atom. The number of aryl methyl sites for hydroxylation is 2. The van der Waals surface area contributed by atoms with Crippen molar-refractivity contribution >= 4 is 34.1 Å². The van der Waals surface area contributed by atoms with E-state index in [2.05, 4.69) is 30.1 Å². The lowest BCUT2D eigenvalue weighted by Gasteiger charge is -2.08. The first-order valence-electron chi connectivity index (χ1n) is 9.44. The zero-order valence-electron chi connectivity index (χ0n) is 15.2. The first-order valence-corrected chi connectivity index (χ1v) is 10.2. The van der Waals surface area contributed by atoms with Crippen molar-refractivity contribution < 1.29 is 0 Å². The highest BCUT2D eigenvalue weighted by Crippen LogP contribution is 2.39. The Morgan fingerprint density at radius 1 is 0.962 bits per heavy atom. The predicted molar refractivity (Wildman–Crippen MR) is 114 cm³/mol. The molecule has 138 valence electrons. The molecule has 1 aromatic heterocycles. The summed E-state index contributed by atoms with van der Waals surface area (Å²) in [5.41, 5.74) is 11.7. The highest BCUT2D eigenvalue weighted by Gasteiger charge is 2.17. The van der Waals surface area contributed by atoms with Crippen LogP contribution in [0.2, 0.25) is 10.0 Å². The second-order valence-electron chi connectivity index (χ2n) is 6.77. The van der Waals surface area contributed by atoms with Crippen LogP contribution in [0.15, 0.2) is 36.4 Å². The number of para-hydroxylation sites is 1. The van der Waals surface area contributed by atoms with Gasteiger partial charge in [0.25, 0.3) is 0 Å². The van der Waals surface area contributed by atoms with Gasteiger partial charge in [0.05, 0.1) is 15.7 Å². The van der Waals surface area contributed by atoms with E-state index in [0.29, 0.717) is 10.0 Å². The van der Waals surface area contributed by atoms with E-state index in [0.717, 1.165) is 43.5 Å². The molecule has 0 aliphatic rings. The summed E-state index contributed by atoms with van der Waals surface area (Å²) in [6.45, 7) is 2.95. The summed E-state index contributed by atoms with van der Waals surface area (Å²) in [7, 11) is 0. The van der Waals surface area contributed by atoms with E-state index in [-0.39, 0.29) is 0 Å². The summed E-state index contributed by atoms with van der Waals surface area (Å²) in [6.07, 6.45) is 6.52. The topological polar surface area (TPSA) is 41.8 Å². The van der Waals surface area contributed by atoms with E-state index in [1.54, 1.807) is 0 Å². The minimum absolute atomic E-state index is 0.585. The predicted octanol–water partition coefficient (Wildman–Crippen LogP) is 6.77. The highest BCUT2D eigenvalue weighted by atomic mass is 35.5. The van der Waals surface area contributed by atoms with Gasteiger partial charge in [-0.05, 0) is 55.8 Å². The molecule has 1 heterocycles. The van der Waals surface area contributed by atoms with E-state index in [9.17, 15) is 0 Å². The van der Waals surface area contributed by atoms with Crippen LogP contribution in [-0.4, -0.2) is 11.5 Å². The Kier molecular flexibility index (Phi) is 6.63. The summed E-state index contributed by atoms with van der Waals surface area (Å²) < 4.78 is 0. The third-order valence-electron chi connectivity index (χ3n) is 4.93. The Morgan fingerprint density at radius 3 is 2.54 bits per heavy atom. The van der Waals surface area contributed by atoms with Gasteiger partial charge in [0.1, 0.15) is 0 Å². The summed E-state index contributed by atoms with van der Waals surface area (Å²) in [5.74, 6) is 0. The summed E-state index contributed by atoms with van der Waals surface area (Å²) in [4.78, 5) is 3.68. The lowest BCUT2D eigenvalue weighted by Crippen LogP contribution is -1.99. The molecule has 3 N–H and O–H groups in total. The van der Waals surface area contributed by atoms with Crippen LogP contribution < -0.4 is 5.73 Å². The normalized spacial score (nSPS) is 11.4. The van der Waals surface area contributed by atoms with Gasteiger partial charge >= 0.3 is 0 Å². The van der Waals surface area contributed by atoms with Crippen LogP contribution in [0.5, 0.6) is 0 Å². The van der Waals surface area contributed by atoms with E-state index in [1.807, 2.05) is 18.2 Å². The molecule has 3 rings (SSSR count). The largest absolute Gasteiger partial charge is 0.354 e. The number of unbranched alkanes of at least 4 members (excludes halogenated alkanes) is 2. The quantitative estimate of drug-likeness (QED) is 0.410. The van der Waals surface area contributed by atoms with E-state index >= 15 is 0 Å². The van der Waals surface area contributed by atoms with Crippen molar-refractivity contribution in [2.24, 2.45) is 5.73 Å². The number of H-pyrrole nitrogens is 1. The van der Waals surface area contributed by atoms with E-state index in [4.69, 9.17) is 28.9 Å². The molecular weight excluding hydrogens is 363 g/mol. The number of nitrogens with two attached hydrogens (primary N) is 1. The Hall–Kier alpha value is -1.48. The number of fused-ring (bicyclic) bond motifs is 1. The van der Waals surface area contributed by atoms with Gasteiger partial charge in [0.2, 0.25) is 0 Å². The van der Waals surface area contributed by atoms with Crippen molar-refractivity contribution in [2.75, 3.05) is 6.54 Å². The minimum Gasteiger partial charge on any atom is -0.354 e. The average molecular weight is 389 g/mol. The van der Waals surface area contributed by atoms with Crippen LogP contribution in [0.25, 0.3) is 22.2 Å². The molecule has 3 aromatic rings. The fraction of sp³-hybridized carbons (Fsp3) is 0.364. The molecule has 0 radical (unpaired) electrons. The number of nitrogens with one attached hydrogen (secondary N) is 1. The summed E-state index contributed by atoms with van der Waals surface area (Å²) in [6, 6.07) is 12.4. The van der Waals surface area contributed by atoms with Gasteiger partial charge in [-0.15, -0.1) is 0 Å². The lowest BCUT2D eigenvalue weighted by molar-refractivity contribution is 0.748. The maximum atomic E-state index is 6.54. The van der Waals surface area contributed by atoms with Gasteiger partial charge in [-0.25, -0.2) is 0 Å². The molecule has 2 aromatic carbocycles. The SMILES string of the molecule is CCCCc1cccc2c(CCCCN)c(-c3cccc(Cl)c3Cl)[nH]c12. The van der Waals surface area contributed by atoms with Gasteiger partial charge in [-0.1, -0.05) is 66.9 Å². The molecule has 4 heteroatoms. The molecule has 0 fully saturated rings. The molecule has 0 aliphatic heterocycles. The summed E-state index contributed by atoms with van der Waals surface area (Å²) in [5, 5.41) is 2.49. The van der Waals surface area contributed by atoms with Crippen molar-refractivity contribution in [1.82, 2.24) is 4.98 Å². The van der Waals surface area contributed by atoms with Gasteiger partial charge in [0.15, 0.2) is 0 Å². The van der Waals surface area contributed by atoms with Crippen molar-refractivity contribution in [3.8, 4) is 11.3 Å². The highest BCUT2D eigenvalue weighted by molar-refractivity contribution is 6.43. The first-order chi connectivity index (χ1) is 12.7. The minimum atomic E-state index is 0.585. The second kappa shape index (κ2) is 8.94. The number of aromatic amines is 1. The molecule has 0 saturated heterocycles. The third-order valence-corrected chi connectivity index (χ3v) is 5.75. The molecule has 0 unspecified atom stereocenters. The van der Waals surface area contributed by atoms with Crippen LogP contribution in [0.4, 0.5) is 0 Å². The van der Waals surface area contributed by atoms with Crippen molar-refractivity contribution in [3.05, 3.63) is 57.6 Å². The smallest absolute Gasteiger partial charge is 0.0685 e. The molecule has 0 saturated carbocycles. The number of aromatic nitrogens is 1. The van der Waals surface area contributed by atoms with Crippen LogP contribution in [-0.2, 0) is 12.8 Å². The third kappa shape index (κ3) is 3.93. The van der Waals surface area contributed by atoms with Crippen molar-refractivity contribution in [2.45, 2.75) is 45.4 Å².